The first-order chi connectivity index (χ1) is 7.79. The Kier molecular flexibility index (Phi) is 3.51. The second-order valence-electron chi connectivity index (χ2n) is 3.61. The third kappa shape index (κ3) is 2.39. The molecule has 2 aromatic carbocycles. The highest BCUT2D eigenvalue weighted by atomic mass is 28.3. The lowest BCUT2D eigenvalue weighted by molar-refractivity contribution is 0.396. The summed E-state index contributed by atoms with van der Waals surface area (Å²) in [5.41, 5.74) is 1.62. The summed E-state index contributed by atoms with van der Waals surface area (Å²) < 4.78 is 0. The summed E-state index contributed by atoms with van der Waals surface area (Å²) in [5.74, 6) is 0. The molecule has 3 heteroatoms. The van der Waals surface area contributed by atoms with Crippen molar-refractivity contribution in [1.82, 2.24) is 0 Å². The first-order valence-corrected chi connectivity index (χ1v) is 6.61. The van der Waals surface area contributed by atoms with Gasteiger partial charge in [0.1, 0.15) is 0 Å². The van der Waals surface area contributed by atoms with Crippen molar-refractivity contribution in [3.63, 3.8) is 0 Å². The molecule has 0 atom stereocenters. The van der Waals surface area contributed by atoms with Crippen molar-refractivity contribution in [2.45, 2.75) is 5.54 Å². The standard InChI is InChI=1S/C13H13O2Si/c14-16(15)13(11-7-3-1-4-8-11)12-9-5-2-6-10-12/h1-10,13-15H. The van der Waals surface area contributed by atoms with Crippen LogP contribution < -0.4 is 0 Å². The van der Waals surface area contributed by atoms with E-state index in [1.54, 1.807) is 0 Å². The Morgan fingerprint density at radius 2 is 1.06 bits per heavy atom. The van der Waals surface area contributed by atoms with E-state index >= 15 is 0 Å². The van der Waals surface area contributed by atoms with Gasteiger partial charge in [-0.1, -0.05) is 60.7 Å². The summed E-state index contributed by atoms with van der Waals surface area (Å²) in [5, 5.41) is 0. The normalized spacial score (nSPS) is 11.0. The summed E-state index contributed by atoms with van der Waals surface area (Å²) in [4.78, 5) is 19.2. The van der Waals surface area contributed by atoms with Crippen molar-refractivity contribution in [3.8, 4) is 0 Å². The van der Waals surface area contributed by atoms with Crippen molar-refractivity contribution in [2.75, 3.05) is 0 Å². The Morgan fingerprint density at radius 1 is 0.688 bits per heavy atom. The lowest BCUT2D eigenvalue weighted by atomic mass is 10.0. The van der Waals surface area contributed by atoms with E-state index in [9.17, 15) is 9.59 Å². The third-order valence-electron chi connectivity index (χ3n) is 2.52. The van der Waals surface area contributed by atoms with Gasteiger partial charge in [0.25, 0.3) is 0 Å². The smallest absolute Gasteiger partial charge is 0.391 e. The van der Waals surface area contributed by atoms with Crippen LogP contribution in [0.25, 0.3) is 0 Å². The molecule has 0 aliphatic carbocycles. The molecule has 2 rings (SSSR count). The number of rotatable bonds is 3. The van der Waals surface area contributed by atoms with Gasteiger partial charge >= 0.3 is 9.28 Å². The van der Waals surface area contributed by atoms with Crippen LogP contribution in [0.4, 0.5) is 0 Å². The van der Waals surface area contributed by atoms with Crippen LogP contribution in [0, 0.1) is 0 Å². The molecule has 2 N–H and O–H groups in total. The Morgan fingerprint density at radius 3 is 1.38 bits per heavy atom. The third-order valence-corrected chi connectivity index (χ3v) is 3.71. The van der Waals surface area contributed by atoms with E-state index in [1.165, 1.54) is 0 Å². The number of hydrogen-bond donors (Lipinski definition) is 2. The molecule has 0 fully saturated rings. The zero-order valence-electron chi connectivity index (χ0n) is 8.75. The molecule has 0 amide bonds. The summed E-state index contributed by atoms with van der Waals surface area (Å²) in [6.07, 6.45) is 0. The van der Waals surface area contributed by atoms with Crippen LogP contribution in [0.1, 0.15) is 16.7 Å². The van der Waals surface area contributed by atoms with Gasteiger partial charge in [-0.25, -0.2) is 0 Å². The summed E-state index contributed by atoms with van der Waals surface area (Å²) in [6, 6.07) is 19.2. The summed E-state index contributed by atoms with van der Waals surface area (Å²) >= 11 is 0. The molecule has 0 bridgehead atoms. The van der Waals surface area contributed by atoms with Crippen molar-refractivity contribution in [3.05, 3.63) is 71.8 Å². The van der Waals surface area contributed by atoms with Crippen LogP contribution in [0.3, 0.4) is 0 Å². The minimum atomic E-state index is -2.38. The maximum absolute atomic E-state index is 9.58. The average Bonchev–Trinajstić information content (AvgIpc) is 2.31. The molecule has 2 aromatic rings. The van der Waals surface area contributed by atoms with E-state index in [-0.39, 0.29) is 5.54 Å². The molecule has 0 spiro atoms. The second-order valence-corrected chi connectivity index (χ2v) is 4.91. The minimum Gasteiger partial charge on any atom is -0.409 e. The van der Waals surface area contributed by atoms with Gasteiger partial charge in [0, 0.05) is 0 Å². The molecule has 0 saturated carbocycles. The highest BCUT2D eigenvalue weighted by Gasteiger charge is 2.24. The van der Waals surface area contributed by atoms with E-state index in [1.807, 2.05) is 60.7 Å². The number of hydrogen-bond acceptors (Lipinski definition) is 2. The molecule has 2 nitrogen and oxygen atoms in total. The second kappa shape index (κ2) is 5.07. The number of benzene rings is 2. The van der Waals surface area contributed by atoms with E-state index in [0.717, 1.165) is 11.1 Å². The van der Waals surface area contributed by atoms with Gasteiger partial charge in [0.2, 0.25) is 0 Å². The van der Waals surface area contributed by atoms with Crippen LogP contribution >= 0.6 is 0 Å². The molecule has 0 unspecified atom stereocenters. The zero-order valence-corrected chi connectivity index (χ0v) is 9.75. The highest BCUT2D eigenvalue weighted by molar-refractivity contribution is 6.44. The van der Waals surface area contributed by atoms with Crippen LogP contribution in [0.5, 0.6) is 0 Å². The van der Waals surface area contributed by atoms with Gasteiger partial charge < -0.3 is 9.59 Å². The molecule has 0 heterocycles. The Balaban J connectivity index is 2.40. The van der Waals surface area contributed by atoms with Crippen molar-refractivity contribution < 1.29 is 9.59 Å². The first kappa shape index (κ1) is 11.1. The predicted molar refractivity (Wildman–Crippen MR) is 64.9 cm³/mol. The van der Waals surface area contributed by atoms with Crippen molar-refractivity contribution >= 4 is 9.28 Å². The molecule has 16 heavy (non-hydrogen) atoms. The Bertz CT molecular complexity index is 389. The quantitative estimate of drug-likeness (QED) is 0.788. The Labute approximate surface area is 96.7 Å². The van der Waals surface area contributed by atoms with Gasteiger partial charge in [-0.05, 0) is 11.1 Å². The molecule has 0 aliphatic heterocycles. The van der Waals surface area contributed by atoms with E-state index < -0.39 is 9.28 Å². The fraction of sp³-hybridized carbons (Fsp3) is 0.0769. The maximum atomic E-state index is 9.58. The lowest BCUT2D eigenvalue weighted by Gasteiger charge is -2.16. The van der Waals surface area contributed by atoms with Crippen LogP contribution in [-0.2, 0) is 0 Å². The summed E-state index contributed by atoms with van der Waals surface area (Å²) in [7, 11) is -2.38. The van der Waals surface area contributed by atoms with Crippen LogP contribution in [0.2, 0.25) is 0 Å². The van der Waals surface area contributed by atoms with Gasteiger partial charge in [0.15, 0.2) is 0 Å². The fourth-order valence-corrected chi connectivity index (χ4v) is 2.76. The van der Waals surface area contributed by atoms with Crippen molar-refractivity contribution in [2.24, 2.45) is 0 Å². The van der Waals surface area contributed by atoms with Gasteiger partial charge in [-0.3, -0.25) is 0 Å². The first-order valence-electron chi connectivity index (χ1n) is 5.13. The SMILES string of the molecule is O[Si](O)C(c1ccccc1)c1ccccc1. The molecule has 0 saturated heterocycles. The average molecular weight is 229 g/mol. The lowest BCUT2D eigenvalue weighted by Crippen LogP contribution is -2.24. The molecule has 1 radical (unpaired) electrons. The molecule has 0 aromatic heterocycles. The predicted octanol–water partition coefficient (Wildman–Crippen LogP) is 1.83. The van der Waals surface area contributed by atoms with Gasteiger partial charge in [0.05, 0.1) is 5.54 Å². The van der Waals surface area contributed by atoms with Crippen molar-refractivity contribution in [1.29, 1.82) is 0 Å². The van der Waals surface area contributed by atoms with Gasteiger partial charge in [-0.15, -0.1) is 0 Å². The fourth-order valence-electron chi connectivity index (χ4n) is 1.78. The Hall–Kier alpha value is -1.42. The van der Waals surface area contributed by atoms with E-state index in [2.05, 4.69) is 0 Å². The monoisotopic (exact) mass is 229 g/mol. The van der Waals surface area contributed by atoms with Crippen LogP contribution in [0.15, 0.2) is 60.7 Å². The van der Waals surface area contributed by atoms with Gasteiger partial charge in [-0.2, -0.15) is 0 Å². The van der Waals surface area contributed by atoms with E-state index in [4.69, 9.17) is 0 Å². The molecular formula is C13H13O2Si. The molecule has 81 valence electrons. The minimum absolute atomic E-state index is 0.285. The topological polar surface area (TPSA) is 40.5 Å². The largest absolute Gasteiger partial charge is 0.409 e. The zero-order chi connectivity index (χ0) is 11.4. The highest BCUT2D eigenvalue weighted by Crippen LogP contribution is 2.24. The molecular weight excluding hydrogens is 216 g/mol. The maximum Gasteiger partial charge on any atom is 0.391 e. The molecule has 0 aliphatic rings. The van der Waals surface area contributed by atoms with Crippen LogP contribution in [-0.4, -0.2) is 18.9 Å². The van der Waals surface area contributed by atoms with E-state index in [0.29, 0.717) is 0 Å². The summed E-state index contributed by atoms with van der Waals surface area (Å²) in [6.45, 7) is 0.